The number of carboxylic acid groups (broad SMARTS) is 1. The third kappa shape index (κ3) is 3.68. The van der Waals surface area contributed by atoms with Gasteiger partial charge in [-0.25, -0.2) is 14.8 Å². The molecule has 2 fully saturated rings. The number of nitrogens with zero attached hydrogens (tertiary/aromatic N) is 3. The van der Waals surface area contributed by atoms with Gasteiger partial charge in [0.25, 0.3) is 5.91 Å². The van der Waals surface area contributed by atoms with E-state index in [0.29, 0.717) is 6.04 Å². The number of amides is 1. The molecule has 0 bridgehead atoms. The molecular formula is C17H23N3O3. The first-order valence-electron chi connectivity index (χ1n) is 8.51. The first-order chi connectivity index (χ1) is 11.1. The second-order valence-corrected chi connectivity index (χ2v) is 6.63. The molecule has 6 heteroatoms. The second-order valence-electron chi connectivity index (χ2n) is 6.63. The van der Waals surface area contributed by atoms with Gasteiger partial charge in [0.2, 0.25) is 0 Å². The highest BCUT2D eigenvalue weighted by Crippen LogP contribution is 2.32. The molecule has 1 aromatic heterocycles. The van der Waals surface area contributed by atoms with Crippen molar-refractivity contribution in [3.63, 3.8) is 0 Å². The zero-order chi connectivity index (χ0) is 16.2. The molecule has 1 N–H and O–H groups in total. The minimum absolute atomic E-state index is 0.118. The third-order valence-electron chi connectivity index (χ3n) is 5.06. The normalized spacial score (nSPS) is 22.3. The molecule has 1 amide bonds. The molecule has 1 aliphatic carbocycles. The zero-order valence-corrected chi connectivity index (χ0v) is 13.3. The van der Waals surface area contributed by atoms with Gasteiger partial charge in [0.1, 0.15) is 5.69 Å². The summed E-state index contributed by atoms with van der Waals surface area (Å²) in [5, 5.41) is 8.85. The van der Waals surface area contributed by atoms with Crippen LogP contribution in [0.15, 0.2) is 12.4 Å². The van der Waals surface area contributed by atoms with Crippen molar-refractivity contribution in [2.75, 3.05) is 6.54 Å². The van der Waals surface area contributed by atoms with Crippen LogP contribution in [-0.4, -0.2) is 44.4 Å². The highest BCUT2D eigenvalue weighted by molar-refractivity contribution is 5.93. The Morgan fingerprint density at radius 3 is 2.39 bits per heavy atom. The van der Waals surface area contributed by atoms with E-state index in [9.17, 15) is 9.59 Å². The van der Waals surface area contributed by atoms with Crippen LogP contribution in [0.3, 0.4) is 0 Å². The minimum Gasteiger partial charge on any atom is -0.476 e. The largest absolute Gasteiger partial charge is 0.476 e. The topological polar surface area (TPSA) is 83.4 Å². The molecule has 6 nitrogen and oxygen atoms in total. The summed E-state index contributed by atoms with van der Waals surface area (Å²) in [5.74, 6) is -0.511. The van der Waals surface area contributed by atoms with Gasteiger partial charge in [-0.05, 0) is 25.2 Å². The summed E-state index contributed by atoms with van der Waals surface area (Å²) < 4.78 is 0. The summed E-state index contributed by atoms with van der Waals surface area (Å²) in [5.41, 5.74) is 0.104. The van der Waals surface area contributed by atoms with Crippen LogP contribution < -0.4 is 0 Å². The summed E-state index contributed by atoms with van der Waals surface area (Å²) in [7, 11) is 0. The number of rotatable bonds is 4. The fourth-order valence-electron chi connectivity index (χ4n) is 3.85. The van der Waals surface area contributed by atoms with E-state index in [1.807, 2.05) is 4.90 Å². The van der Waals surface area contributed by atoms with E-state index in [0.717, 1.165) is 37.9 Å². The van der Waals surface area contributed by atoms with Gasteiger partial charge in [0.05, 0.1) is 12.4 Å². The van der Waals surface area contributed by atoms with Crippen molar-refractivity contribution < 1.29 is 14.7 Å². The SMILES string of the molecule is O=C(O)c1cnc(C(=O)N2CCCC2CC2CCCCC2)cn1. The Kier molecular flexibility index (Phi) is 4.88. The van der Waals surface area contributed by atoms with E-state index < -0.39 is 5.97 Å². The summed E-state index contributed by atoms with van der Waals surface area (Å²) in [6.07, 6.45) is 12.1. The molecule has 1 saturated carbocycles. The van der Waals surface area contributed by atoms with Crippen LogP contribution in [0.4, 0.5) is 0 Å². The van der Waals surface area contributed by atoms with Crippen molar-refractivity contribution in [2.45, 2.75) is 57.4 Å². The maximum Gasteiger partial charge on any atom is 0.356 e. The maximum atomic E-state index is 12.7. The van der Waals surface area contributed by atoms with Crippen LogP contribution in [0, 0.1) is 5.92 Å². The van der Waals surface area contributed by atoms with Crippen LogP contribution in [0.1, 0.15) is 72.3 Å². The quantitative estimate of drug-likeness (QED) is 0.923. The van der Waals surface area contributed by atoms with Gasteiger partial charge in [-0.3, -0.25) is 4.79 Å². The Labute approximate surface area is 135 Å². The van der Waals surface area contributed by atoms with Crippen molar-refractivity contribution in [3.05, 3.63) is 23.8 Å². The van der Waals surface area contributed by atoms with Crippen molar-refractivity contribution in [1.82, 2.24) is 14.9 Å². The molecular weight excluding hydrogens is 294 g/mol. The molecule has 1 aromatic rings. The Morgan fingerprint density at radius 2 is 1.74 bits per heavy atom. The Morgan fingerprint density at radius 1 is 1.04 bits per heavy atom. The highest BCUT2D eigenvalue weighted by atomic mass is 16.4. The maximum absolute atomic E-state index is 12.7. The van der Waals surface area contributed by atoms with E-state index in [1.165, 1.54) is 38.3 Å². The molecule has 3 rings (SSSR count). The van der Waals surface area contributed by atoms with Crippen LogP contribution >= 0.6 is 0 Å². The number of carbonyl (C=O) groups excluding carboxylic acids is 1. The van der Waals surface area contributed by atoms with E-state index in [1.54, 1.807) is 0 Å². The lowest BCUT2D eigenvalue weighted by Crippen LogP contribution is -2.37. The Bertz CT molecular complexity index is 567. The lowest BCUT2D eigenvalue weighted by molar-refractivity contribution is 0.0678. The van der Waals surface area contributed by atoms with Gasteiger partial charge in [-0.2, -0.15) is 0 Å². The number of aromatic nitrogens is 2. The smallest absolute Gasteiger partial charge is 0.356 e. The summed E-state index contributed by atoms with van der Waals surface area (Å²) >= 11 is 0. The van der Waals surface area contributed by atoms with Crippen molar-refractivity contribution in [3.8, 4) is 0 Å². The van der Waals surface area contributed by atoms with Crippen LogP contribution in [-0.2, 0) is 0 Å². The monoisotopic (exact) mass is 317 g/mol. The number of hydrogen-bond acceptors (Lipinski definition) is 4. The molecule has 1 aliphatic heterocycles. The summed E-state index contributed by atoms with van der Waals surface area (Å²) in [6, 6.07) is 0.298. The fourth-order valence-corrected chi connectivity index (χ4v) is 3.85. The van der Waals surface area contributed by atoms with Crippen LogP contribution in [0.2, 0.25) is 0 Å². The summed E-state index contributed by atoms with van der Waals surface area (Å²) in [6.45, 7) is 0.762. The van der Waals surface area contributed by atoms with Crippen molar-refractivity contribution in [1.29, 1.82) is 0 Å². The number of likely N-dealkylation sites (tertiary alicyclic amines) is 1. The molecule has 2 aliphatic rings. The zero-order valence-electron chi connectivity index (χ0n) is 13.3. The number of hydrogen-bond donors (Lipinski definition) is 1. The Hall–Kier alpha value is -1.98. The lowest BCUT2D eigenvalue weighted by Gasteiger charge is -2.30. The molecule has 0 aromatic carbocycles. The molecule has 2 heterocycles. The molecule has 23 heavy (non-hydrogen) atoms. The molecule has 0 radical (unpaired) electrons. The van der Waals surface area contributed by atoms with Crippen molar-refractivity contribution in [2.24, 2.45) is 5.92 Å². The van der Waals surface area contributed by atoms with E-state index in [4.69, 9.17) is 5.11 Å². The third-order valence-corrected chi connectivity index (χ3v) is 5.06. The molecule has 1 atom stereocenters. The van der Waals surface area contributed by atoms with Gasteiger partial charge < -0.3 is 10.0 Å². The first kappa shape index (κ1) is 15.9. The second kappa shape index (κ2) is 7.06. The van der Waals surface area contributed by atoms with Gasteiger partial charge >= 0.3 is 5.97 Å². The summed E-state index contributed by atoms with van der Waals surface area (Å²) in [4.78, 5) is 33.2. The predicted molar refractivity (Wildman–Crippen MR) is 84.2 cm³/mol. The predicted octanol–water partition coefficient (Wildman–Crippen LogP) is 2.75. The van der Waals surface area contributed by atoms with E-state index >= 15 is 0 Å². The first-order valence-corrected chi connectivity index (χ1v) is 8.51. The molecule has 1 saturated heterocycles. The van der Waals surface area contributed by atoms with Gasteiger partial charge in [0, 0.05) is 12.6 Å². The standard InChI is InChI=1S/C17H23N3O3/c21-16(14-10-19-15(11-18-14)17(22)23)20-8-4-7-13(20)9-12-5-2-1-3-6-12/h10-13H,1-9H2,(H,22,23). The average Bonchev–Trinajstić information content (AvgIpc) is 3.03. The van der Waals surface area contributed by atoms with E-state index in [2.05, 4.69) is 9.97 Å². The number of aromatic carboxylic acids is 1. The highest BCUT2D eigenvalue weighted by Gasteiger charge is 2.32. The number of carboxylic acids is 1. The Balaban J connectivity index is 1.66. The van der Waals surface area contributed by atoms with Gasteiger partial charge in [0.15, 0.2) is 5.69 Å². The average molecular weight is 317 g/mol. The minimum atomic E-state index is -1.13. The van der Waals surface area contributed by atoms with E-state index in [-0.39, 0.29) is 17.3 Å². The van der Waals surface area contributed by atoms with Crippen LogP contribution in [0.25, 0.3) is 0 Å². The van der Waals surface area contributed by atoms with Crippen molar-refractivity contribution >= 4 is 11.9 Å². The van der Waals surface area contributed by atoms with Gasteiger partial charge in [-0.15, -0.1) is 0 Å². The van der Waals surface area contributed by atoms with Crippen LogP contribution in [0.5, 0.6) is 0 Å². The fraction of sp³-hybridized carbons (Fsp3) is 0.647. The molecule has 0 spiro atoms. The molecule has 1 unspecified atom stereocenters. The molecule has 124 valence electrons. The number of carbonyl (C=O) groups is 2. The lowest BCUT2D eigenvalue weighted by atomic mass is 9.84. The van der Waals surface area contributed by atoms with Gasteiger partial charge in [-0.1, -0.05) is 32.1 Å².